The molecule has 0 bridgehead atoms. The van der Waals surface area contributed by atoms with Gasteiger partial charge >= 0.3 is 5.97 Å². The van der Waals surface area contributed by atoms with Crippen molar-refractivity contribution in [3.63, 3.8) is 0 Å². The summed E-state index contributed by atoms with van der Waals surface area (Å²) in [4.78, 5) is 11.3. The highest BCUT2D eigenvalue weighted by Crippen LogP contribution is 2.23. The van der Waals surface area contributed by atoms with Gasteiger partial charge in [0.25, 0.3) is 0 Å². The van der Waals surface area contributed by atoms with Gasteiger partial charge in [-0.2, -0.15) is 0 Å². The van der Waals surface area contributed by atoms with Crippen LogP contribution in [-0.2, 0) is 11.2 Å². The second-order valence-electron chi connectivity index (χ2n) is 2.88. The molecule has 0 atom stereocenters. The summed E-state index contributed by atoms with van der Waals surface area (Å²) < 4.78 is 5.54. The van der Waals surface area contributed by atoms with Crippen molar-refractivity contribution in [3.05, 3.63) is 26.8 Å². The van der Waals surface area contributed by atoms with E-state index in [-0.39, 0.29) is 5.97 Å². The SMILES string of the molecule is CCc1cc(I)c(N)c(C(=O)OC)c1. The maximum Gasteiger partial charge on any atom is 0.340 e. The second-order valence-corrected chi connectivity index (χ2v) is 4.05. The molecule has 76 valence electrons. The predicted molar refractivity (Wildman–Crippen MR) is 64.3 cm³/mol. The molecule has 1 rings (SSSR count). The molecule has 3 nitrogen and oxygen atoms in total. The first-order valence-electron chi connectivity index (χ1n) is 4.26. The second kappa shape index (κ2) is 4.63. The molecule has 2 N–H and O–H groups in total. The molecule has 0 fully saturated rings. The van der Waals surface area contributed by atoms with Gasteiger partial charge in [-0.1, -0.05) is 6.92 Å². The number of aryl methyl sites for hydroxylation is 1. The Morgan fingerprint density at radius 2 is 2.21 bits per heavy atom. The van der Waals surface area contributed by atoms with Crippen LogP contribution in [0.4, 0.5) is 5.69 Å². The van der Waals surface area contributed by atoms with Gasteiger partial charge in [-0.25, -0.2) is 4.79 Å². The summed E-state index contributed by atoms with van der Waals surface area (Å²) in [6, 6.07) is 3.76. The summed E-state index contributed by atoms with van der Waals surface area (Å²) in [5.74, 6) is -0.379. The molecule has 1 aromatic carbocycles. The van der Waals surface area contributed by atoms with Crippen LogP contribution in [-0.4, -0.2) is 13.1 Å². The van der Waals surface area contributed by atoms with E-state index in [9.17, 15) is 4.79 Å². The molecule has 0 spiro atoms. The Kier molecular flexibility index (Phi) is 3.74. The van der Waals surface area contributed by atoms with Crippen molar-refractivity contribution in [2.45, 2.75) is 13.3 Å². The first-order valence-corrected chi connectivity index (χ1v) is 5.34. The van der Waals surface area contributed by atoms with Gasteiger partial charge in [-0.05, 0) is 46.7 Å². The number of halogens is 1. The topological polar surface area (TPSA) is 52.3 Å². The van der Waals surface area contributed by atoms with Crippen molar-refractivity contribution in [3.8, 4) is 0 Å². The van der Waals surface area contributed by atoms with Gasteiger partial charge in [-0.3, -0.25) is 0 Å². The highest BCUT2D eigenvalue weighted by Gasteiger charge is 2.13. The van der Waals surface area contributed by atoms with E-state index in [1.807, 2.05) is 13.0 Å². The van der Waals surface area contributed by atoms with E-state index in [1.165, 1.54) is 7.11 Å². The Hall–Kier alpha value is -0.780. The van der Waals surface area contributed by atoms with E-state index in [4.69, 9.17) is 5.73 Å². The zero-order valence-corrected chi connectivity index (χ0v) is 10.3. The van der Waals surface area contributed by atoms with Crippen LogP contribution < -0.4 is 5.73 Å². The zero-order chi connectivity index (χ0) is 10.7. The molecule has 0 aliphatic rings. The highest BCUT2D eigenvalue weighted by atomic mass is 127. The van der Waals surface area contributed by atoms with E-state index in [1.54, 1.807) is 6.07 Å². The summed E-state index contributed by atoms with van der Waals surface area (Å²) in [7, 11) is 1.35. The monoisotopic (exact) mass is 305 g/mol. The minimum Gasteiger partial charge on any atom is -0.465 e. The summed E-state index contributed by atoms with van der Waals surface area (Å²) in [6.45, 7) is 2.03. The Morgan fingerprint density at radius 1 is 1.57 bits per heavy atom. The van der Waals surface area contributed by atoms with E-state index in [2.05, 4.69) is 27.3 Å². The smallest absolute Gasteiger partial charge is 0.340 e. The number of carbonyl (C=O) groups is 1. The van der Waals surface area contributed by atoms with Gasteiger partial charge in [0.1, 0.15) is 0 Å². The van der Waals surface area contributed by atoms with E-state index >= 15 is 0 Å². The van der Waals surface area contributed by atoms with E-state index in [0.717, 1.165) is 15.6 Å². The van der Waals surface area contributed by atoms with Crippen LogP contribution in [0.3, 0.4) is 0 Å². The Labute approximate surface area is 96.8 Å². The molecule has 14 heavy (non-hydrogen) atoms. The molecule has 0 saturated carbocycles. The Bertz CT molecular complexity index is 363. The molecule has 0 aliphatic carbocycles. The highest BCUT2D eigenvalue weighted by molar-refractivity contribution is 14.1. The van der Waals surface area contributed by atoms with Gasteiger partial charge in [0.05, 0.1) is 18.4 Å². The van der Waals surface area contributed by atoms with Crippen LogP contribution in [0.25, 0.3) is 0 Å². The average Bonchev–Trinajstić information content (AvgIpc) is 2.20. The van der Waals surface area contributed by atoms with Crippen molar-refractivity contribution >= 4 is 34.2 Å². The molecular weight excluding hydrogens is 293 g/mol. The number of ether oxygens (including phenoxy) is 1. The number of hydrogen-bond donors (Lipinski definition) is 1. The Morgan fingerprint density at radius 3 is 2.71 bits per heavy atom. The fourth-order valence-corrected chi connectivity index (χ4v) is 1.85. The maximum atomic E-state index is 11.3. The van der Waals surface area contributed by atoms with Gasteiger partial charge in [-0.15, -0.1) is 0 Å². The third-order valence-corrected chi connectivity index (χ3v) is 2.90. The number of rotatable bonds is 2. The third-order valence-electron chi connectivity index (χ3n) is 2.00. The molecule has 4 heteroatoms. The lowest BCUT2D eigenvalue weighted by Gasteiger charge is -2.08. The molecule has 0 radical (unpaired) electrons. The third kappa shape index (κ3) is 2.17. The Balaban J connectivity index is 3.27. The number of carbonyl (C=O) groups excluding carboxylic acids is 1. The molecule has 0 saturated heterocycles. The van der Waals surface area contributed by atoms with Gasteiger partial charge in [0.2, 0.25) is 0 Å². The molecule has 0 heterocycles. The molecule has 0 aliphatic heterocycles. The first-order chi connectivity index (χ1) is 6.60. The van der Waals surface area contributed by atoms with Crippen molar-refractivity contribution in [2.24, 2.45) is 0 Å². The molecule has 0 aromatic heterocycles. The fourth-order valence-electron chi connectivity index (χ4n) is 1.16. The van der Waals surface area contributed by atoms with Crippen LogP contribution in [0.1, 0.15) is 22.8 Å². The van der Waals surface area contributed by atoms with Crippen molar-refractivity contribution in [1.29, 1.82) is 0 Å². The lowest BCUT2D eigenvalue weighted by molar-refractivity contribution is 0.0602. The molecular formula is C10H12INO2. The van der Waals surface area contributed by atoms with E-state index in [0.29, 0.717) is 11.3 Å². The van der Waals surface area contributed by atoms with Crippen LogP contribution >= 0.6 is 22.6 Å². The number of hydrogen-bond acceptors (Lipinski definition) is 3. The molecule has 0 unspecified atom stereocenters. The molecule has 0 amide bonds. The zero-order valence-electron chi connectivity index (χ0n) is 8.13. The van der Waals surface area contributed by atoms with Crippen LogP contribution in [0, 0.1) is 3.57 Å². The number of benzene rings is 1. The van der Waals surface area contributed by atoms with Gasteiger partial charge < -0.3 is 10.5 Å². The average molecular weight is 305 g/mol. The lowest BCUT2D eigenvalue weighted by atomic mass is 10.1. The van der Waals surface area contributed by atoms with Gasteiger partial charge in [0.15, 0.2) is 0 Å². The molecule has 1 aromatic rings. The van der Waals surface area contributed by atoms with Crippen LogP contribution in [0.5, 0.6) is 0 Å². The predicted octanol–water partition coefficient (Wildman–Crippen LogP) is 2.22. The first kappa shape index (κ1) is 11.3. The maximum absolute atomic E-state index is 11.3. The number of nitrogen functional groups attached to an aromatic ring is 1. The number of nitrogens with two attached hydrogens (primary N) is 1. The van der Waals surface area contributed by atoms with Crippen molar-refractivity contribution in [1.82, 2.24) is 0 Å². The lowest BCUT2D eigenvalue weighted by Crippen LogP contribution is -2.08. The van der Waals surface area contributed by atoms with Gasteiger partial charge in [0, 0.05) is 3.57 Å². The number of anilines is 1. The minimum absolute atomic E-state index is 0.379. The standard InChI is InChI=1S/C10H12INO2/c1-3-6-4-7(10(13)14-2)9(12)8(11)5-6/h4-5H,3,12H2,1-2H3. The van der Waals surface area contributed by atoms with Crippen LogP contribution in [0.15, 0.2) is 12.1 Å². The van der Waals surface area contributed by atoms with E-state index < -0.39 is 0 Å². The van der Waals surface area contributed by atoms with Crippen molar-refractivity contribution in [2.75, 3.05) is 12.8 Å². The van der Waals surface area contributed by atoms with Crippen molar-refractivity contribution < 1.29 is 9.53 Å². The summed E-state index contributed by atoms with van der Waals surface area (Å²) in [6.07, 6.45) is 0.875. The number of esters is 1. The van der Waals surface area contributed by atoms with Crippen LogP contribution in [0.2, 0.25) is 0 Å². The largest absolute Gasteiger partial charge is 0.465 e. The number of methoxy groups -OCH3 is 1. The fraction of sp³-hybridized carbons (Fsp3) is 0.300. The quantitative estimate of drug-likeness (QED) is 0.518. The minimum atomic E-state index is -0.379. The summed E-state index contributed by atoms with van der Waals surface area (Å²) >= 11 is 2.12. The summed E-state index contributed by atoms with van der Waals surface area (Å²) in [5, 5.41) is 0. The normalized spacial score (nSPS) is 9.93. The summed E-state index contributed by atoms with van der Waals surface area (Å²) in [5.41, 5.74) is 7.81.